The van der Waals surface area contributed by atoms with Crippen LogP contribution in [-0.2, 0) is 6.54 Å². The van der Waals surface area contributed by atoms with Crippen LogP contribution in [0.4, 0.5) is 0 Å². The molecule has 0 amide bonds. The quantitative estimate of drug-likeness (QED) is 0.686. The lowest BCUT2D eigenvalue weighted by molar-refractivity contribution is 0.801. The van der Waals surface area contributed by atoms with Crippen molar-refractivity contribution in [2.75, 3.05) is 0 Å². The first-order valence-electron chi connectivity index (χ1n) is 4.21. The molecule has 3 N–H and O–H groups in total. The Balaban J connectivity index is 2.66. The zero-order valence-corrected chi connectivity index (χ0v) is 7.94. The van der Waals surface area contributed by atoms with E-state index < -0.39 is 0 Å². The van der Waals surface area contributed by atoms with Gasteiger partial charge >= 0.3 is 0 Å². The Labute approximate surface area is 87.5 Å². The van der Waals surface area contributed by atoms with Gasteiger partial charge < -0.3 is 11.1 Å². The summed E-state index contributed by atoms with van der Waals surface area (Å²) in [5, 5.41) is 19.9. The molecule has 0 saturated carbocycles. The minimum Gasteiger partial charge on any atom is -0.388 e. The Bertz CT molecular complexity index is 435. The van der Waals surface area contributed by atoms with Crippen molar-refractivity contribution < 1.29 is 0 Å². The van der Waals surface area contributed by atoms with Crippen LogP contribution >= 0.6 is 0 Å². The topological polar surface area (TPSA) is 98.5 Å². The van der Waals surface area contributed by atoms with E-state index in [9.17, 15) is 0 Å². The van der Waals surface area contributed by atoms with E-state index in [1.807, 2.05) is 18.2 Å². The van der Waals surface area contributed by atoms with Crippen LogP contribution in [0, 0.1) is 22.7 Å². The number of pyridine rings is 1. The maximum atomic E-state index is 8.68. The highest BCUT2D eigenvalue weighted by molar-refractivity contribution is 5.33. The average Bonchev–Trinajstić information content (AvgIpc) is 2.31. The molecule has 0 radical (unpaired) electrons. The van der Waals surface area contributed by atoms with Gasteiger partial charge in [0.2, 0.25) is 0 Å². The normalized spacial score (nSPS) is 10.8. The third-order valence-electron chi connectivity index (χ3n) is 1.67. The SMILES string of the molecule is N#C/C(N)=C(\C#N)NCc1ccccn1. The Morgan fingerprint density at radius 1 is 1.40 bits per heavy atom. The molecule has 0 aliphatic heterocycles. The second-order valence-electron chi connectivity index (χ2n) is 2.69. The lowest BCUT2D eigenvalue weighted by atomic mass is 10.3. The van der Waals surface area contributed by atoms with Gasteiger partial charge in [0.15, 0.2) is 0 Å². The molecule has 0 spiro atoms. The zero-order valence-electron chi connectivity index (χ0n) is 7.94. The fourth-order valence-electron chi connectivity index (χ4n) is 0.933. The second-order valence-corrected chi connectivity index (χ2v) is 2.69. The predicted molar refractivity (Wildman–Crippen MR) is 53.5 cm³/mol. The predicted octanol–water partition coefficient (Wildman–Crippen LogP) is 0.389. The average molecular weight is 199 g/mol. The molecule has 74 valence electrons. The number of nitrogens with two attached hydrogens (primary N) is 1. The Kier molecular flexibility index (Phi) is 3.70. The van der Waals surface area contributed by atoms with Crippen molar-refractivity contribution in [2.24, 2.45) is 5.73 Å². The van der Waals surface area contributed by atoms with E-state index in [-0.39, 0.29) is 11.4 Å². The van der Waals surface area contributed by atoms with Gasteiger partial charge in [-0.15, -0.1) is 0 Å². The largest absolute Gasteiger partial charge is 0.388 e. The maximum Gasteiger partial charge on any atom is 0.148 e. The summed E-state index contributed by atoms with van der Waals surface area (Å²) in [7, 11) is 0. The van der Waals surface area contributed by atoms with Crippen molar-refractivity contribution in [1.29, 1.82) is 10.5 Å². The molecule has 1 heterocycles. The number of hydrogen-bond acceptors (Lipinski definition) is 5. The number of nitrogens with one attached hydrogen (secondary N) is 1. The Hall–Kier alpha value is -2.53. The summed E-state index contributed by atoms with van der Waals surface area (Å²) in [5.74, 6) is 0. The van der Waals surface area contributed by atoms with Crippen molar-refractivity contribution >= 4 is 0 Å². The standard InChI is InChI=1S/C10H9N5/c11-5-9(13)10(6-12)15-7-8-3-1-2-4-14-8/h1-4,15H,7,13H2/b10-9-. The molecule has 0 aromatic carbocycles. The van der Waals surface area contributed by atoms with Crippen molar-refractivity contribution in [3.05, 3.63) is 41.5 Å². The summed E-state index contributed by atoms with van der Waals surface area (Å²) < 4.78 is 0. The first-order valence-corrected chi connectivity index (χ1v) is 4.21. The van der Waals surface area contributed by atoms with Gasteiger partial charge in [-0.1, -0.05) is 6.07 Å². The van der Waals surface area contributed by atoms with Crippen molar-refractivity contribution in [3.63, 3.8) is 0 Å². The van der Waals surface area contributed by atoms with Crippen LogP contribution in [0.3, 0.4) is 0 Å². The number of rotatable bonds is 3. The van der Waals surface area contributed by atoms with Crippen LogP contribution in [0.2, 0.25) is 0 Å². The molecule has 5 nitrogen and oxygen atoms in total. The summed E-state index contributed by atoms with van der Waals surface area (Å²) >= 11 is 0. The van der Waals surface area contributed by atoms with E-state index in [2.05, 4.69) is 10.3 Å². The molecule has 0 aliphatic rings. The molecule has 1 rings (SSSR count). The van der Waals surface area contributed by atoms with E-state index in [1.165, 1.54) is 0 Å². The van der Waals surface area contributed by atoms with Gasteiger partial charge in [0.05, 0.1) is 12.2 Å². The summed E-state index contributed by atoms with van der Waals surface area (Å²) in [5.41, 5.74) is 6.03. The van der Waals surface area contributed by atoms with E-state index >= 15 is 0 Å². The Morgan fingerprint density at radius 2 is 2.20 bits per heavy atom. The van der Waals surface area contributed by atoms with Gasteiger partial charge in [-0.3, -0.25) is 4.98 Å². The van der Waals surface area contributed by atoms with E-state index in [0.717, 1.165) is 5.69 Å². The molecule has 5 heteroatoms. The molecule has 1 aromatic rings. The lowest BCUT2D eigenvalue weighted by Gasteiger charge is -2.03. The fraction of sp³-hybridized carbons (Fsp3) is 0.100. The third-order valence-corrected chi connectivity index (χ3v) is 1.67. The smallest absolute Gasteiger partial charge is 0.148 e. The molecule has 0 atom stereocenters. The van der Waals surface area contributed by atoms with Crippen LogP contribution < -0.4 is 11.1 Å². The van der Waals surface area contributed by atoms with Gasteiger partial charge in [0, 0.05) is 6.20 Å². The van der Waals surface area contributed by atoms with Crippen molar-refractivity contribution in [3.8, 4) is 12.1 Å². The van der Waals surface area contributed by atoms with Gasteiger partial charge in [0.1, 0.15) is 23.5 Å². The van der Waals surface area contributed by atoms with Crippen LogP contribution in [0.5, 0.6) is 0 Å². The Morgan fingerprint density at radius 3 is 2.73 bits per heavy atom. The third kappa shape index (κ3) is 3.02. The number of allylic oxidation sites excluding steroid dienone is 2. The molecule has 0 saturated heterocycles. The monoisotopic (exact) mass is 199 g/mol. The summed E-state index contributed by atoms with van der Waals surface area (Å²) in [6, 6.07) is 8.97. The van der Waals surface area contributed by atoms with Crippen LogP contribution in [0.1, 0.15) is 5.69 Å². The van der Waals surface area contributed by atoms with E-state index in [1.54, 1.807) is 18.3 Å². The van der Waals surface area contributed by atoms with Crippen LogP contribution in [0.15, 0.2) is 35.8 Å². The summed E-state index contributed by atoms with van der Waals surface area (Å²) in [6.45, 7) is 0.367. The minimum absolute atomic E-state index is 0.0724. The van der Waals surface area contributed by atoms with Gasteiger partial charge in [-0.2, -0.15) is 10.5 Å². The highest BCUT2D eigenvalue weighted by atomic mass is 14.9. The number of hydrogen-bond donors (Lipinski definition) is 2. The fourth-order valence-corrected chi connectivity index (χ4v) is 0.933. The summed E-state index contributed by atoms with van der Waals surface area (Å²) in [4.78, 5) is 4.05. The summed E-state index contributed by atoms with van der Waals surface area (Å²) in [6.07, 6.45) is 1.65. The van der Waals surface area contributed by atoms with Crippen LogP contribution in [-0.4, -0.2) is 4.98 Å². The first kappa shape index (κ1) is 10.6. The highest BCUT2D eigenvalue weighted by Crippen LogP contribution is 1.96. The second kappa shape index (κ2) is 5.25. The van der Waals surface area contributed by atoms with Gasteiger partial charge in [-0.25, -0.2) is 0 Å². The molecule has 0 aliphatic carbocycles. The molecular formula is C10H9N5. The molecule has 1 aromatic heterocycles. The van der Waals surface area contributed by atoms with Gasteiger partial charge in [-0.05, 0) is 12.1 Å². The number of nitriles is 2. The molecular weight excluding hydrogens is 190 g/mol. The lowest BCUT2D eigenvalue weighted by Crippen LogP contribution is -2.17. The van der Waals surface area contributed by atoms with E-state index in [4.69, 9.17) is 16.3 Å². The number of aromatic nitrogens is 1. The molecule has 0 bridgehead atoms. The maximum absolute atomic E-state index is 8.68. The number of nitrogens with zero attached hydrogens (tertiary/aromatic N) is 3. The van der Waals surface area contributed by atoms with Crippen LogP contribution in [0.25, 0.3) is 0 Å². The molecule has 0 unspecified atom stereocenters. The van der Waals surface area contributed by atoms with E-state index in [0.29, 0.717) is 6.54 Å². The first-order chi connectivity index (χ1) is 7.27. The molecule has 0 fully saturated rings. The minimum atomic E-state index is -0.117. The van der Waals surface area contributed by atoms with Crippen molar-refractivity contribution in [2.45, 2.75) is 6.54 Å². The zero-order chi connectivity index (χ0) is 11.1. The van der Waals surface area contributed by atoms with Crippen molar-refractivity contribution in [1.82, 2.24) is 10.3 Å². The molecule has 15 heavy (non-hydrogen) atoms. The van der Waals surface area contributed by atoms with Gasteiger partial charge in [0.25, 0.3) is 0 Å². The highest BCUT2D eigenvalue weighted by Gasteiger charge is 2.01.